The fraction of sp³-hybridized carbons (Fsp3) is 0.118. The largest absolute Gasteiger partial charge is 0.484 e. The minimum absolute atomic E-state index is 0.0240. The van der Waals surface area contributed by atoms with Crippen molar-refractivity contribution < 1.29 is 14.1 Å². The maximum atomic E-state index is 11.2. The molecule has 0 spiro atoms. The van der Waals surface area contributed by atoms with Crippen LogP contribution in [0.15, 0.2) is 59.1 Å². The predicted octanol–water partition coefficient (Wildman–Crippen LogP) is 3.52. The van der Waals surface area contributed by atoms with Gasteiger partial charge in [0.25, 0.3) is 5.89 Å². The van der Waals surface area contributed by atoms with Crippen LogP contribution >= 0.6 is 0 Å². The summed E-state index contributed by atoms with van der Waals surface area (Å²) in [5.74, 6) is 1.60. The van der Waals surface area contributed by atoms with Crippen molar-refractivity contribution in [2.45, 2.75) is 13.5 Å². The van der Waals surface area contributed by atoms with E-state index in [-0.39, 0.29) is 12.4 Å². The van der Waals surface area contributed by atoms with Crippen LogP contribution in [0.2, 0.25) is 0 Å². The highest BCUT2D eigenvalue weighted by Crippen LogP contribution is 2.17. The number of carbonyl (C=O) groups is 1. The molecular formula is C17H14N2O3. The van der Waals surface area contributed by atoms with Crippen LogP contribution in [-0.2, 0) is 6.61 Å². The second-order valence-electron chi connectivity index (χ2n) is 4.75. The number of ketones is 1. The molecule has 110 valence electrons. The van der Waals surface area contributed by atoms with Gasteiger partial charge in [0.05, 0.1) is 0 Å². The minimum atomic E-state index is 0.0240. The first-order chi connectivity index (χ1) is 10.7. The number of hydrogen-bond donors (Lipinski definition) is 0. The molecule has 0 N–H and O–H groups in total. The van der Waals surface area contributed by atoms with E-state index in [9.17, 15) is 4.79 Å². The van der Waals surface area contributed by atoms with Gasteiger partial charge >= 0.3 is 0 Å². The third-order valence-electron chi connectivity index (χ3n) is 3.12. The topological polar surface area (TPSA) is 65.2 Å². The van der Waals surface area contributed by atoms with E-state index in [4.69, 9.17) is 9.26 Å². The molecule has 0 aliphatic carbocycles. The molecule has 3 aromatic rings. The Morgan fingerprint density at radius 1 is 1.09 bits per heavy atom. The van der Waals surface area contributed by atoms with Crippen LogP contribution < -0.4 is 4.74 Å². The molecule has 0 atom stereocenters. The van der Waals surface area contributed by atoms with Crippen molar-refractivity contribution in [3.05, 3.63) is 66.1 Å². The molecule has 0 bridgehead atoms. The Hall–Kier alpha value is -2.95. The van der Waals surface area contributed by atoms with Gasteiger partial charge in [-0.15, -0.1) is 0 Å². The third kappa shape index (κ3) is 3.20. The number of nitrogens with zero attached hydrogens (tertiary/aromatic N) is 2. The van der Waals surface area contributed by atoms with E-state index >= 15 is 0 Å². The van der Waals surface area contributed by atoms with Crippen molar-refractivity contribution in [3.8, 4) is 17.1 Å². The lowest BCUT2D eigenvalue weighted by atomic mass is 10.1. The van der Waals surface area contributed by atoms with Crippen LogP contribution in [0.3, 0.4) is 0 Å². The summed E-state index contributed by atoms with van der Waals surface area (Å²) in [6.45, 7) is 1.71. The fourth-order valence-corrected chi connectivity index (χ4v) is 1.95. The molecule has 5 heteroatoms. The standard InChI is InChI=1S/C17H14N2O3/c1-12(20)13-7-9-15(10-8-13)21-11-16-18-17(19-22-16)14-5-3-2-4-6-14/h2-10H,11H2,1H3. The monoisotopic (exact) mass is 294 g/mol. The van der Waals surface area contributed by atoms with Gasteiger partial charge in [-0.2, -0.15) is 4.98 Å². The summed E-state index contributed by atoms with van der Waals surface area (Å²) in [7, 11) is 0. The average molecular weight is 294 g/mol. The maximum absolute atomic E-state index is 11.2. The average Bonchev–Trinajstić information content (AvgIpc) is 3.03. The first-order valence-corrected chi connectivity index (χ1v) is 6.84. The van der Waals surface area contributed by atoms with Crippen molar-refractivity contribution in [2.75, 3.05) is 0 Å². The van der Waals surface area contributed by atoms with Gasteiger partial charge in [0.15, 0.2) is 12.4 Å². The van der Waals surface area contributed by atoms with Gasteiger partial charge in [-0.1, -0.05) is 35.5 Å². The molecule has 0 aliphatic rings. The molecule has 0 saturated heterocycles. The predicted molar refractivity (Wildman–Crippen MR) is 80.5 cm³/mol. The first-order valence-electron chi connectivity index (χ1n) is 6.84. The Bertz CT molecular complexity index is 764. The Kier molecular flexibility index (Phi) is 3.96. The van der Waals surface area contributed by atoms with Gasteiger partial charge < -0.3 is 9.26 Å². The van der Waals surface area contributed by atoms with Crippen LogP contribution in [0.25, 0.3) is 11.4 Å². The molecule has 22 heavy (non-hydrogen) atoms. The zero-order chi connectivity index (χ0) is 15.4. The summed E-state index contributed by atoms with van der Waals surface area (Å²) < 4.78 is 10.7. The summed E-state index contributed by atoms with van der Waals surface area (Å²) in [6, 6.07) is 16.5. The van der Waals surface area contributed by atoms with Crippen molar-refractivity contribution >= 4 is 5.78 Å². The van der Waals surface area contributed by atoms with E-state index in [1.807, 2.05) is 30.3 Å². The number of aromatic nitrogens is 2. The molecule has 0 aliphatic heterocycles. The molecule has 0 amide bonds. The molecule has 0 unspecified atom stereocenters. The first kappa shape index (κ1) is 14.0. The van der Waals surface area contributed by atoms with E-state index in [0.29, 0.717) is 23.0 Å². The fourth-order valence-electron chi connectivity index (χ4n) is 1.95. The molecular weight excluding hydrogens is 280 g/mol. The van der Waals surface area contributed by atoms with Gasteiger partial charge in [-0.05, 0) is 31.2 Å². The van der Waals surface area contributed by atoms with Crippen LogP contribution in [0.5, 0.6) is 5.75 Å². The molecule has 0 saturated carbocycles. The number of rotatable bonds is 5. The van der Waals surface area contributed by atoms with Gasteiger partial charge in [-0.25, -0.2) is 0 Å². The normalized spacial score (nSPS) is 10.4. The third-order valence-corrected chi connectivity index (χ3v) is 3.12. The zero-order valence-electron chi connectivity index (χ0n) is 12.0. The van der Waals surface area contributed by atoms with Crippen molar-refractivity contribution in [1.29, 1.82) is 0 Å². The highest BCUT2D eigenvalue weighted by atomic mass is 16.5. The number of hydrogen-bond acceptors (Lipinski definition) is 5. The smallest absolute Gasteiger partial charge is 0.264 e. The summed E-state index contributed by atoms with van der Waals surface area (Å²) in [5.41, 5.74) is 1.54. The molecule has 1 aromatic heterocycles. The maximum Gasteiger partial charge on any atom is 0.264 e. The molecule has 1 heterocycles. The van der Waals surface area contributed by atoms with E-state index < -0.39 is 0 Å². The molecule has 5 nitrogen and oxygen atoms in total. The van der Waals surface area contributed by atoms with Crippen molar-refractivity contribution in [1.82, 2.24) is 10.1 Å². The second-order valence-corrected chi connectivity index (χ2v) is 4.75. The van der Waals surface area contributed by atoms with Gasteiger partial charge in [0.1, 0.15) is 5.75 Å². The van der Waals surface area contributed by atoms with Crippen molar-refractivity contribution in [2.24, 2.45) is 0 Å². The van der Waals surface area contributed by atoms with Gasteiger partial charge in [-0.3, -0.25) is 4.79 Å². The minimum Gasteiger partial charge on any atom is -0.484 e. The molecule has 0 radical (unpaired) electrons. The van der Waals surface area contributed by atoms with Crippen LogP contribution in [0.1, 0.15) is 23.2 Å². The van der Waals surface area contributed by atoms with Crippen molar-refractivity contribution in [3.63, 3.8) is 0 Å². The Morgan fingerprint density at radius 3 is 2.50 bits per heavy atom. The molecule has 2 aromatic carbocycles. The quantitative estimate of drug-likeness (QED) is 0.674. The van der Waals surface area contributed by atoms with E-state index in [1.165, 1.54) is 6.92 Å². The second kappa shape index (κ2) is 6.22. The summed E-state index contributed by atoms with van der Waals surface area (Å²) >= 11 is 0. The Labute approximate surface area is 127 Å². The SMILES string of the molecule is CC(=O)c1ccc(OCc2nc(-c3ccccc3)no2)cc1. The highest BCUT2D eigenvalue weighted by molar-refractivity contribution is 5.94. The van der Waals surface area contributed by atoms with Gasteiger partial charge in [0, 0.05) is 11.1 Å². The Balaban J connectivity index is 1.65. The molecule has 3 rings (SSSR count). The van der Waals surface area contributed by atoms with E-state index in [1.54, 1.807) is 24.3 Å². The van der Waals surface area contributed by atoms with Crippen LogP contribution in [-0.4, -0.2) is 15.9 Å². The summed E-state index contributed by atoms with van der Waals surface area (Å²) in [6.07, 6.45) is 0. The number of Topliss-reactive ketones (excluding diaryl/α,β-unsaturated/α-hetero) is 1. The highest BCUT2D eigenvalue weighted by Gasteiger charge is 2.09. The lowest BCUT2D eigenvalue weighted by molar-refractivity contribution is 0.101. The van der Waals surface area contributed by atoms with E-state index in [2.05, 4.69) is 10.1 Å². The summed E-state index contributed by atoms with van der Waals surface area (Å²) in [4.78, 5) is 15.5. The zero-order valence-corrected chi connectivity index (χ0v) is 12.0. The number of benzene rings is 2. The number of carbonyl (C=O) groups excluding carboxylic acids is 1. The van der Waals surface area contributed by atoms with Crippen LogP contribution in [0, 0.1) is 0 Å². The van der Waals surface area contributed by atoms with Crippen LogP contribution in [0.4, 0.5) is 0 Å². The Morgan fingerprint density at radius 2 is 1.82 bits per heavy atom. The summed E-state index contributed by atoms with van der Waals surface area (Å²) in [5, 5.41) is 3.93. The lowest BCUT2D eigenvalue weighted by Gasteiger charge is -2.03. The lowest BCUT2D eigenvalue weighted by Crippen LogP contribution is -1.97. The van der Waals surface area contributed by atoms with Gasteiger partial charge in [0.2, 0.25) is 5.82 Å². The van der Waals surface area contributed by atoms with E-state index in [0.717, 1.165) is 5.56 Å². The molecule has 0 fully saturated rings. The number of ether oxygens (including phenoxy) is 1.